The Bertz CT molecular complexity index is 638. The Morgan fingerprint density at radius 2 is 1.95 bits per heavy atom. The molecule has 0 aliphatic rings. The molecule has 0 bridgehead atoms. The number of benzene rings is 1. The monoisotopic (exact) mass is 299 g/mol. The molecule has 0 spiro atoms. The van der Waals surface area contributed by atoms with E-state index in [9.17, 15) is 17.6 Å². The lowest BCUT2D eigenvalue weighted by Gasteiger charge is -2.13. The first-order valence-corrected chi connectivity index (χ1v) is 6.22. The summed E-state index contributed by atoms with van der Waals surface area (Å²) in [5, 5.41) is 0. The maximum Gasteiger partial charge on any atom is 0.417 e. The summed E-state index contributed by atoms with van der Waals surface area (Å²) in [4.78, 5) is 7.92. The third-order valence-electron chi connectivity index (χ3n) is 2.77. The predicted molar refractivity (Wildman–Crippen MR) is 69.8 cm³/mol. The Morgan fingerprint density at radius 3 is 2.57 bits per heavy atom. The summed E-state index contributed by atoms with van der Waals surface area (Å²) in [5.41, 5.74) is 4.83. The van der Waals surface area contributed by atoms with E-state index in [0.29, 0.717) is 18.2 Å². The van der Waals surface area contributed by atoms with Crippen LogP contribution in [0.25, 0.3) is 11.4 Å². The summed E-state index contributed by atoms with van der Waals surface area (Å²) < 4.78 is 52.0. The van der Waals surface area contributed by atoms with E-state index in [-0.39, 0.29) is 17.4 Å². The van der Waals surface area contributed by atoms with E-state index in [1.165, 1.54) is 6.20 Å². The largest absolute Gasteiger partial charge is 0.417 e. The molecule has 0 aliphatic carbocycles. The second-order valence-electron chi connectivity index (χ2n) is 4.74. The Balaban J connectivity index is 2.52. The molecule has 1 heterocycles. The highest BCUT2D eigenvalue weighted by Gasteiger charge is 2.34. The topological polar surface area (TPSA) is 51.8 Å². The van der Waals surface area contributed by atoms with Gasteiger partial charge in [0.05, 0.1) is 5.56 Å². The Kier molecular flexibility index (Phi) is 4.22. The van der Waals surface area contributed by atoms with E-state index in [1.807, 2.05) is 0 Å². The maximum absolute atomic E-state index is 13.1. The molecule has 2 N–H and O–H groups in total. The van der Waals surface area contributed by atoms with Crippen LogP contribution in [-0.4, -0.2) is 16.0 Å². The van der Waals surface area contributed by atoms with Crippen molar-refractivity contribution in [3.8, 4) is 11.4 Å². The van der Waals surface area contributed by atoms with Gasteiger partial charge in [0.1, 0.15) is 5.82 Å². The molecule has 2 aromatic rings. The van der Waals surface area contributed by atoms with Gasteiger partial charge in [-0.05, 0) is 31.2 Å². The first-order valence-electron chi connectivity index (χ1n) is 6.22. The van der Waals surface area contributed by atoms with Gasteiger partial charge in [-0.25, -0.2) is 14.4 Å². The van der Waals surface area contributed by atoms with E-state index in [1.54, 1.807) is 13.0 Å². The van der Waals surface area contributed by atoms with E-state index < -0.39 is 17.6 Å². The molecule has 3 nitrogen and oxygen atoms in total. The van der Waals surface area contributed by atoms with Gasteiger partial charge in [-0.15, -0.1) is 0 Å². The zero-order valence-electron chi connectivity index (χ0n) is 11.2. The Labute approximate surface area is 118 Å². The van der Waals surface area contributed by atoms with Gasteiger partial charge in [-0.2, -0.15) is 13.2 Å². The predicted octanol–water partition coefficient (Wildman–Crippen LogP) is 3.19. The first-order chi connectivity index (χ1) is 9.77. The van der Waals surface area contributed by atoms with Crippen molar-refractivity contribution in [2.24, 2.45) is 5.73 Å². The zero-order chi connectivity index (χ0) is 15.6. The van der Waals surface area contributed by atoms with Gasteiger partial charge < -0.3 is 5.73 Å². The van der Waals surface area contributed by atoms with Gasteiger partial charge >= 0.3 is 6.18 Å². The van der Waals surface area contributed by atoms with E-state index in [2.05, 4.69) is 9.97 Å². The molecule has 0 amide bonds. The summed E-state index contributed by atoms with van der Waals surface area (Å²) >= 11 is 0. The van der Waals surface area contributed by atoms with Crippen molar-refractivity contribution in [1.82, 2.24) is 9.97 Å². The van der Waals surface area contributed by atoms with Crippen LogP contribution < -0.4 is 5.73 Å². The van der Waals surface area contributed by atoms with Crippen LogP contribution in [0.5, 0.6) is 0 Å². The Morgan fingerprint density at radius 1 is 1.24 bits per heavy atom. The Hall–Kier alpha value is -2.02. The van der Waals surface area contributed by atoms with Crippen LogP contribution in [-0.2, 0) is 12.6 Å². The molecular weight excluding hydrogens is 286 g/mol. The van der Waals surface area contributed by atoms with Gasteiger partial charge in [0.15, 0.2) is 5.82 Å². The summed E-state index contributed by atoms with van der Waals surface area (Å²) in [5.74, 6) is -1.06. The smallest absolute Gasteiger partial charge is 0.328 e. The molecule has 0 aliphatic heterocycles. The summed E-state index contributed by atoms with van der Waals surface area (Å²) in [6, 6.07) is 3.83. The van der Waals surface area contributed by atoms with Crippen LogP contribution >= 0.6 is 0 Å². The SMILES string of the molecule is CC(N)Cc1ccnc(-c2ccc(F)cc2C(F)(F)F)n1. The van der Waals surface area contributed by atoms with Crippen LogP contribution in [0.2, 0.25) is 0 Å². The van der Waals surface area contributed by atoms with Crippen molar-refractivity contribution < 1.29 is 17.6 Å². The fourth-order valence-electron chi connectivity index (χ4n) is 1.92. The van der Waals surface area contributed by atoms with E-state index in [4.69, 9.17) is 5.73 Å². The number of hydrogen-bond acceptors (Lipinski definition) is 3. The van der Waals surface area contributed by atoms with Crippen molar-refractivity contribution in [2.45, 2.75) is 25.6 Å². The second-order valence-corrected chi connectivity index (χ2v) is 4.74. The average molecular weight is 299 g/mol. The summed E-state index contributed by atoms with van der Waals surface area (Å²) in [6.45, 7) is 1.76. The highest BCUT2D eigenvalue weighted by molar-refractivity contribution is 5.61. The van der Waals surface area contributed by atoms with E-state index in [0.717, 1.165) is 12.1 Å². The summed E-state index contributed by atoms with van der Waals surface area (Å²) in [6.07, 6.45) is -2.90. The number of hydrogen-bond donors (Lipinski definition) is 1. The average Bonchev–Trinajstić information content (AvgIpc) is 2.37. The third kappa shape index (κ3) is 3.75. The van der Waals surface area contributed by atoms with Crippen LogP contribution in [0.4, 0.5) is 17.6 Å². The van der Waals surface area contributed by atoms with Gasteiger partial charge in [-0.1, -0.05) is 0 Å². The summed E-state index contributed by atoms with van der Waals surface area (Å²) in [7, 11) is 0. The molecule has 1 atom stereocenters. The molecule has 1 aromatic carbocycles. The lowest BCUT2D eigenvalue weighted by Crippen LogP contribution is -2.18. The molecule has 21 heavy (non-hydrogen) atoms. The fourth-order valence-corrected chi connectivity index (χ4v) is 1.92. The minimum absolute atomic E-state index is 0.0968. The third-order valence-corrected chi connectivity index (χ3v) is 2.77. The number of aromatic nitrogens is 2. The number of halogens is 4. The normalized spacial score (nSPS) is 13.2. The van der Waals surface area contributed by atoms with Gasteiger partial charge in [0.2, 0.25) is 0 Å². The number of nitrogens with zero attached hydrogens (tertiary/aromatic N) is 2. The van der Waals surface area contributed by atoms with Crippen LogP contribution in [0, 0.1) is 5.82 Å². The van der Waals surface area contributed by atoms with Crippen LogP contribution in [0.3, 0.4) is 0 Å². The van der Waals surface area contributed by atoms with Crippen molar-refractivity contribution in [3.63, 3.8) is 0 Å². The van der Waals surface area contributed by atoms with E-state index >= 15 is 0 Å². The minimum atomic E-state index is -4.68. The maximum atomic E-state index is 13.1. The van der Waals surface area contributed by atoms with Gasteiger partial charge in [0.25, 0.3) is 0 Å². The van der Waals surface area contributed by atoms with Gasteiger partial charge in [0, 0.05) is 29.9 Å². The molecule has 0 saturated heterocycles. The molecule has 1 aromatic heterocycles. The van der Waals surface area contributed by atoms with Gasteiger partial charge in [-0.3, -0.25) is 0 Å². The minimum Gasteiger partial charge on any atom is -0.328 e. The highest BCUT2D eigenvalue weighted by atomic mass is 19.4. The molecule has 1 unspecified atom stereocenters. The van der Waals surface area contributed by atoms with Crippen molar-refractivity contribution >= 4 is 0 Å². The molecule has 7 heteroatoms. The lowest BCUT2D eigenvalue weighted by atomic mass is 10.1. The highest BCUT2D eigenvalue weighted by Crippen LogP contribution is 2.36. The second kappa shape index (κ2) is 5.77. The van der Waals surface area contributed by atoms with Crippen molar-refractivity contribution in [2.75, 3.05) is 0 Å². The van der Waals surface area contributed by atoms with Crippen LogP contribution in [0.1, 0.15) is 18.2 Å². The molecule has 112 valence electrons. The lowest BCUT2D eigenvalue weighted by molar-refractivity contribution is -0.137. The molecule has 2 rings (SSSR count). The first kappa shape index (κ1) is 15.4. The standard InChI is InChI=1S/C14H13F4N3/c1-8(19)6-10-4-5-20-13(21-10)11-3-2-9(15)7-12(11)14(16,17)18/h2-5,7-8H,6,19H2,1H3. The number of alkyl halides is 3. The molecule has 0 fully saturated rings. The van der Waals surface area contributed by atoms with Crippen molar-refractivity contribution in [1.29, 1.82) is 0 Å². The number of nitrogens with two attached hydrogens (primary N) is 1. The molecule has 0 radical (unpaired) electrons. The zero-order valence-corrected chi connectivity index (χ0v) is 11.2. The molecular formula is C14H13F4N3. The quantitative estimate of drug-likeness (QED) is 0.886. The van der Waals surface area contributed by atoms with Crippen molar-refractivity contribution in [3.05, 3.63) is 47.5 Å². The van der Waals surface area contributed by atoms with Crippen LogP contribution in [0.15, 0.2) is 30.5 Å². The molecule has 0 saturated carbocycles. The fraction of sp³-hybridized carbons (Fsp3) is 0.286. The number of rotatable bonds is 3.